The van der Waals surface area contributed by atoms with Crippen molar-refractivity contribution in [1.29, 1.82) is 0 Å². The lowest BCUT2D eigenvalue weighted by Gasteiger charge is -2.37. The van der Waals surface area contributed by atoms with Crippen molar-refractivity contribution in [3.05, 3.63) is 51.2 Å². The second-order valence-electron chi connectivity index (χ2n) is 7.13. The minimum Gasteiger partial charge on any atom is -0.346 e. The smallest absolute Gasteiger partial charge is 0.263 e. The van der Waals surface area contributed by atoms with E-state index in [0.29, 0.717) is 24.9 Å². The average molecular weight is 341 g/mol. The zero-order valence-corrected chi connectivity index (χ0v) is 14.6. The van der Waals surface area contributed by atoms with Crippen LogP contribution in [-0.2, 0) is 20.1 Å². The molecule has 4 rings (SSSR count). The van der Waals surface area contributed by atoms with Crippen LogP contribution in [0, 0.1) is 12.8 Å². The lowest BCUT2D eigenvalue weighted by atomic mass is 9.84. The van der Waals surface area contributed by atoms with Crippen molar-refractivity contribution in [1.82, 2.24) is 25.0 Å². The van der Waals surface area contributed by atoms with Crippen LogP contribution in [0.25, 0.3) is 0 Å². The SMILES string of the molecule is Cc1cc(CNC(=O)c2ccc3n(c2=O)C[C@@H]2CNC[C@H]3C2)nn1C. The third-order valence-electron chi connectivity index (χ3n) is 5.35. The first-order valence-corrected chi connectivity index (χ1v) is 8.75. The molecule has 0 spiro atoms. The Kier molecular flexibility index (Phi) is 3.95. The van der Waals surface area contributed by atoms with E-state index in [9.17, 15) is 9.59 Å². The number of aromatic nitrogens is 3. The summed E-state index contributed by atoms with van der Waals surface area (Å²) in [5, 5.41) is 10.6. The van der Waals surface area contributed by atoms with Crippen LogP contribution in [0.4, 0.5) is 0 Å². The molecule has 2 aliphatic heterocycles. The van der Waals surface area contributed by atoms with Gasteiger partial charge in [0, 0.05) is 37.4 Å². The van der Waals surface area contributed by atoms with E-state index in [1.54, 1.807) is 15.3 Å². The number of aryl methyl sites for hydroxylation is 2. The quantitative estimate of drug-likeness (QED) is 0.853. The number of nitrogens with zero attached hydrogens (tertiary/aromatic N) is 3. The number of hydrogen-bond acceptors (Lipinski definition) is 4. The van der Waals surface area contributed by atoms with Crippen molar-refractivity contribution in [2.45, 2.75) is 32.4 Å². The van der Waals surface area contributed by atoms with E-state index in [1.165, 1.54) is 0 Å². The molecule has 7 nitrogen and oxygen atoms in total. The number of nitrogens with one attached hydrogen (secondary N) is 2. The van der Waals surface area contributed by atoms with Gasteiger partial charge in [0.2, 0.25) is 0 Å². The summed E-state index contributed by atoms with van der Waals surface area (Å²) < 4.78 is 3.57. The molecule has 4 heterocycles. The number of piperidine rings is 1. The Balaban J connectivity index is 1.55. The van der Waals surface area contributed by atoms with Crippen molar-refractivity contribution in [2.75, 3.05) is 13.1 Å². The summed E-state index contributed by atoms with van der Waals surface area (Å²) in [5.41, 5.74) is 2.89. The molecule has 0 aliphatic carbocycles. The Morgan fingerprint density at radius 1 is 1.40 bits per heavy atom. The van der Waals surface area contributed by atoms with Gasteiger partial charge in [-0.25, -0.2) is 0 Å². The first-order chi connectivity index (χ1) is 12.0. The van der Waals surface area contributed by atoms with Crippen LogP contribution in [0.2, 0.25) is 0 Å². The van der Waals surface area contributed by atoms with Crippen LogP contribution in [0.1, 0.15) is 39.8 Å². The van der Waals surface area contributed by atoms with Crippen molar-refractivity contribution in [3.8, 4) is 0 Å². The van der Waals surface area contributed by atoms with Crippen LogP contribution in [0.5, 0.6) is 0 Å². The van der Waals surface area contributed by atoms with Crippen molar-refractivity contribution < 1.29 is 4.79 Å². The van der Waals surface area contributed by atoms with Crippen molar-refractivity contribution >= 4 is 5.91 Å². The van der Waals surface area contributed by atoms with Crippen LogP contribution in [-0.4, -0.2) is 33.3 Å². The first-order valence-electron chi connectivity index (χ1n) is 8.75. The van der Waals surface area contributed by atoms with Gasteiger partial charge in [0.05, 0.1) is 12.2 Å². The average Bonchev–Trinajstić information content (AvgIpc) is 2.92. The molecule has 0 saturated carbocycles. The maximum Gasteiger partial charge on any atom is 0.263 e. The van der Waals surface area contributed by atoms with Gasteiger partial charge in [0.1, 0.15) is 5.56 Å². The molecule has 2 aliphatic rings. The lowest BCUT2D eigenvalue weighted by molar-refractivity contribution is 0.0947. The molecular formula is C18H23N5O2. The predicted molar refractivity (Wildman–Crippen MR) is 93.5 cm³/mol. The summed E-state index contributed by atoms with van der Waals surface area (Å²) >= 11 is 0. The Hall–Kier alpha value is -2.41. The van der Waals surface area contributed by atoms with Gasteiger partial charge in [0.15, 0.2) is 0 Å². The number of carbonyl (C=O) groups excluding carboxylic acids is 1. The zero-order valence-electron chi connectivity index (χ0n) is 14.6. The normalized spacial score (nSPS) is 21.7. The summed E-state index contributed by atoms with van der Waals surface area (Å²) in [4.78, 5) is 25.3. The maximum atomic E-state index is 12.8. The van der Waals surface area contributed by atoms with E-state index in [-0.39, 0.29) is 17.0 Å². The largest absolute Gasteiger partial charge is 0.346 e. The van der Waals surface area contributed by atoms with Gasteiger partial charge < -0.3 is 15.2 Å². The van der Waals surface area contributed by atoms with E-state index >= 15 is 0 Å². The summed E-state index contributed by atoms with van der Waals surface area (Å²) in [6.45, 7) is 4.81. The third-order valence-corrected chi connectivity index (χ3v) is 5.35. The number of rotatable bonds is 3. The van der Waals surface area contributed by atoms with Gasteiger partial charge >= 0.3 is 0 Å². The Labute approximate surface area is 146 Å². The zero-order chi connectivity index (χ0) is 17.6. The Morgan fingerprint density at radius 3 is 3.00 bits per heavy atom. The second kappa shape index (κ2) is 6.15. The summed E-state index contributed by atoms with van der Waals surface area (Å²) in [6.07, 6.45) is 1.12. The maximum absolute atomic E-state index is 12.8. The fourth-order valence-electron chi connectivity index (χ4n) is 3.95. The first kappa shape index (κ1) is 16.1. The highest BCUT2D eigenvalue weighted by Gasteiger charge is 2.31. The van der Waals surface area contributed by atoms with Crippen LogP contribution in [0.3, 0.4) is 0 Å². The summed E-state index contributed by atoms with van der Waals surface area (Å²) in [5.74, 6) is 0.505. The second-order valence-corrected chi connectivity index (χ2v) is 7.13. The highest BCUT2D eigenvalue weighted by Crippen LogP contribution is 2.31. The molecule has 2 bridgehead atoms. The fourth-order valence-corrected chi connectivity index (χ4v) is 3.95. The van der Waals surface area contributed by atoms with E-state index in [2.05, 4.69) is 15.7 Å². The monoisotopic (exact) mass is 341 g/mol. The minimum atomic E-state index is -0.336. The fraction of sp³-hybridized carbons (Fsp3) is 0.500. The van der Waals surface area contributed by atoms with Crippen LogP contribution >= 0.6 is 0 Å². The molecule has 7 heteroatoms. The topological polar surface area (TPSA) is 81.0 Å². The Morgan fingerprint density at radius 2 is 2.24 bits per heavy atom. The number of hydrogen-bond donors (Lipinski definition) is 2. The summed E-state index contributed by atoms with van der Waals surface area (Å²) in [6, 6.07) is 5.53. The highest BCUT2D eigenvalue weighted by molar-refractivity contribution is 5.93. The molecule has 2 atom stereocenters. The minimum absolute atomic E-state index is 0.177. The van der Waals surface area contributed by atoms with Gasteiger partial charge in [-0.15, -0.1) is 0 Å². The number of carbonyl (C=O) groups is 1. The molecule has 2 N–H and O–H groups in total. The Bertz CT molecular complexity index is 863. The lowest BCUT2D eigenvalue weighted by Crippen LogP contribution is -2.46. The molecule has 1 saturated heterocycles. The van der Waals surface area contributed by atoms with E-state index in [1.807, 2.05) is 26.1 Å². The molecule has 2 aromatic heterocycles. The van der Waals surface area contributed by atoms with Crippen LogP contribution in [0.15, 0.2) is 23.0 Å². The highest BCUT2D eigenvalue weighted by atomic mass is 16.2. The number of fused-ring (bicyclic) bond motifs is 4. The van der Waals surface area contributed by atoms with Gasteiger partial charge in [-0.3, -0.25) is 14.3 Å². The molecule has 25 heavy (non-hydrogen) atoms. The van der Waals surface area contributed by atoms with Gasteiger partial charge in [-0.1, -0.05) is 0 Å². The van der Waals surface area contributed by atoms with Gasteiger partial charge in [0.25, 0.3) is 11.5 Å². The molecule has 1 fully saturated rings. The molecular weight excluding hydrogens is 318 g/mol. The standard InChI is InChI=1S/C18H23N5O2/c1-11-5-14(21-22(11)2)9-20-17(24)15-3-4-16-13-6-12(7-19-8-13)10-23(16)18(15)25/h3-5,12-13,19H,6-10H2,1-2H3,(H,20,24)/t12-,13+/m0/s1. The van der Waals surface area contributed by atoms with E-state index < -0.39 is 0 Å². The molecule has 1 amide bonds. The van der Waals surface area contributed by atoms with Gasteiger partial charge in [-0.05, 0) is 44.0 Å². The van der Waals surface area contributed by atoms with Crippen molar-refractivity contribution in [2.24, 2.45) is 13.0 Å². The molecule has 0 aromatic carbocycles. The molecule has 0 radical (unpaired) electrons. The van der Waals surface area contributed by atoms with E-state index in [0.717, 1.165) is 36.6 Å². The van der Waals surface area contributed by atoms with Crippen LogP contribution < -0.4 is 16.2 Å². The molecule has 0 unspecified atom stereocenters. The third kappa shape index (κ3) is 2.89. The number of amides is 1. The summed E-state index contributed by atoms with van der Waals surface area (Å²) in [7, 11) is 1.86. The predicted octanol–water partition coefficient (Wildman–Crippen LogP) is 0.527. The van der Waals surface area contributed by atoms with Crippen molar-refractivity contribution in [3.63, 3.8) is 0 Å². The molecule has 2 aromatic rings. The number of pyridine rings is 1. The van der Waals surface area contributed by atoms with E-state index in [4.69, 9.17) is 0 Å². The van der Waals surface area contributed by atoms with Gasteiger partial charge in [-0.2, -0.15) is 5.10 Å². The molecule has 132 valence electrons.